The number of aromatic amines is 1. The summed E-state index contributed by atoms with van der Waals surface area (Å²) in [4.78, 5) is 74.5. The van der Waals surface area contributed by atoms with Crippen molar-refractivity contribution in [2.75, 3.05) is 17.7 Å². The summed E-state index contributed by atoms with van der Waals surface area (Å²) in [6.45, 7) is 1.02. The first-order chi connectivity index (χ1) is 20.2. The molecule has 1 aliphatic heterocycles. The first-order valence-corrected chi connectivity index (χ1v) is 15.5. The molecular formula is C21H24N10O10P2. The Morgan fingerprint density at radius 1 is 1.09 bits per heavy atom. The quantitative estimate of drug-likeness (QED) is 0.114. The van der Waals surface area contributed by atoms with E-state index in [0.29, 0.717) is 27.8 Å². The highest BCUT2D eigenvalue weighted by molar-refractivity contribution is 7.46. The Morgan fingerprint density at radius 2 is 1.84 bits per heavy atom. The Kier molecular flexibility index (Phi) is 7.08. The van der Waals surface area contributed by atoms with Crippen LogP contribution in [0, 0.1) is 6.92 Å². The van der Waals surface area contributed by atoms with Gasteiger partial charge in [-0.15, -0.1) is 0 Å². The lowest BCUT2D eigenvalue weighted by atomic mass is 10.2. The predicted octanol–water partition coefficient (Wildman–Crippen LogP) is 0.458. The molecule has 0 unspecified atom stereocenters. The third kappa shape index (κ3) is 5.75. The van der Waals surface area contributed by atoms with E-state index in [4.69, 9.17) is 24.8 Å². The largest absolute Gasteiger partial charge is 0.469 e. The number of aryl methyl sites for hydroxylation is 2. The molecule has 1 aromatic carbocycles. The van der Waals surface area contributed by atoms with Gasteiger partial charge >= 0.3 is 15.6 Å². The van der Waals surface area contributed by atoms with Gasteiger partial charge in [0.1, 0.15) is 29.5 Å². The highest BCUT2D eigenvalue weighted by Crippen LogP contribution is 2.46. The zero-order valence-electron chi connectivity index (χ0n) is 22.2. The van der Waals surface area contributed by atoms with Crippen LogP contribution in [0.2, 0.25) is 0 Å². The van der Waals surface area contributed by atoms with Crippen LogP contribution in [0.15, 0.2) is 23.1 Å². The molecule has 8 N–H and O–H groups in total. The summed E-state index contributed by atoms with van der Waals surface area (Å²) in [7, 11) is -8.33. The van der Waals surface area contributed by atoms with Crippen LogP contribution >= 0.6 is 15.6 Å². The van der Waals surface area contributed by atoms with E-state index < -0.39 is 46.2 Å². The molecule has 43 heavy (non-hydrogen) atoms. The number of anilines is 3. The molecule has 0 amide bonds. The van der Waals surface area contributed by atoms with E-state index in [1.165, 1.54) is 4.57 Å². The number of fused-ring (bicyclic) bond motifs is 4. The minimum absolute atomic E-state index is 0.0277. The summed E-state index contributed by atoms with van der Waals surface area (Å²) in [5.41, 5.74) is 7.98. The van der Waals surface area contributed by atoms with Gasteiger partial charge in [0.05, 0.1) is 23.3 Å². The van der Waals surface area contributed by atoms with Crippen LogP contribution < -0.4 is 16.6 Å². The highest BCUT2D eigenvalue weighted by atomic mass is 31.2. The van der Waals surface area contributed by atoms with E-state index in [9.17, 15) is 23.7 Å². The summed E-state index contributed by atoms with van der Waals surface area (Å²) in [5.74, 6) is -0.0232. The van der Waals surface area contributed by atoms with Crippen LogP contribution in [0.5, 0.6) is 0 Å². The highest BCUT2D eigenvalue weighted by Gasteiger charge is 2.43. The molecule has 1 fully saturated rings. The van der Waals surface area contributed by atoms with Crippen LogP contribution in [-0.4, -0.2) is 77.4 Å². The van der Waals surface area contributed by atoms with Gasteiger partial charge in [-0.2, -0.15) is 4.98 Å². The molecule has 20 nitrogen and oxygen atoms in total. The molecule has 4 aromatic heterocycles. The lowest BCUT2D eigenvalue weighted by molar-refractivity contribution is -0.0411. The Balaban J connectivity index is 1.45. The van der Waals surface area contributed by atoms with Crippen molar-refractivity contribution in [1.82, 2.24) is 39.0 Å². The number of phosphoric ester groups is 2. The monoisotopic (exact) mass is 638 g/mol. The Bertz CT molecular complexity index is 2050. The van der Waals surface area contributed by atoms with Crippen molar-refractivity contribution >= 4 is 66.7 Å². The van der Waals surface area contributed by atoms with E-state index in [-0.39, 0.29) is 35.4 Å². The number of nitrogens with zero attached hydrogens (tertiary/aromatic N) is 7. The van der Waals surface area contributed by atoms with Crippen molar-refractivity contribution in [3.8, 4) is 0 Å². The second kappa shape index (κ2) is 10.4. The standard InChI is InChI=1S/C21H24N10O10P2/c1-8-6-23-9-3-4-10-15(14(9)24-8)25-20(30(10)2)29-21-26-16-17(27-19(22)28-18(16)32)31(21)13-5-11(41-43(36,37)38)12(40-13)7-39-42(33,34)35/h3-4,6,11-13H,5,7H2,1-2H3,(H,25,26,29)(H2,33,34,35)(H2,36,37,38)(H3,22,27,28,32)/t11-,12+,13+/m0/s1. The summed E-state index contributed by atoms with van der Waals surface area (Å²) >= 11 is 0. The van der Waals surface area contributed by atoms with Crippen molar-refractivity contribution < 1.29 is 42.5 Å². The van der Waals surface area contributed by atoms with Gasteiger partial charge in [0.15, 0.2) is 11.2 Å². The predicted molar refractivity (Wildman–Crippen MR) is 148 cm³/mol. The number of nitrogens with two attached hydrogens (primary N) is 1. The van der Waals surface area contributed by atoms with Gasteiger partial charge in [-0.3, -0.25) is 33.7 Å². The van der Waals surface area contributed by atoms with Crippen LogP contribution in [0.3, 0.4) is 0 Å². The molecular weight excluding hydrogens is 614 g/mol. The number of benzene rings is 1. The normalized spacial score (nSPS) is 19.6. The maximum atomic E-state index is 12.8. The fraction of sp³-hybridized carbons (Fsp3) is 0.333. The van der Waals surface area contributed by atoms with Gasteiger partial charge in [-0.05, 0) is 19.1 Å². The van der Waals surface area contributed by atoms with Gasteiger partial charge in [-0.1, -0.05) is 0 Å². The maximum absolute atomic E-state index is 12.8. The molecule has 0 saturated carbocycles. The zero-order chi connectivity index (χ0) is 30.8. The number of H-pyrrole nitrogens is 1. The number of ether oxygens (including phenoxy) is 1. The van der Waals surface area contributed by atoms with Crippen molar-refractivity contribution in [1.29, 1.82) is 0 Å². The topological polar surface area (TPSA) is 288 Å². The molecule has 0 bridgehead atoms. The molecule has 0 aliphatic carbocycles. The summed E-state index contributed by atoms with van der Waals surface area (Å²) in [6, 6.07) is 3.61. The molecule has 3 atom stereocenters. The molecule has 5 heterocycles. The molecule has 228 valence electrons. The molecule has 1 aliphatic rings. The molecule has 5 aromatic rings. The average Bonchev–Trinajstić information content (AvgIpc) is 3.55. The van der Waals surface area contributed by atoms with E-state index >= 15 is 0 Å². The second-order valence-electron chi connectivity index (χ2n) is 9.65. The number of aromatic nitrogens is 8. The zero-order valence-corrected chi connectivity index (χ0v) is 24.0. The summed E-state index contributed by atoms with van der Waals surface area (Å²) in [5, 5.41) is 3.05. The van der Waals surface area contributed by atoms with E-state index in [1.54, 1.807) is 30.8 Å². The molecule has 0 radical (unpaired) electrons. The Labute approximate surface area is 239 Å². The SMILES string of the molecule is Cc1cnc2ccc3c(nc(Nc4nc5c(=O)[nH]c(N)nc5n4[C@H]4C[C@H](OP(=O)(O)O)[C@@H](COP(=O)(O)O)O4)n3C)c2n1. The lowest BCUT2D eigenvalue weighted by Crippen LogP contribution is -2.28. The van der Waals surface area contributed by atoms with Gasteiger partial charge in [0.2, 0.25) is 17.8 Å². The van der Waals surface area contributed by atoms with Crippen molar-refractivity contribution in [3.63, 3.8) is 0 Å². The number of nitrogen functional groups attached to an aromatic ring is 1. The number of rotatable bonds is 8. The smallest absolute Gasteiger partial charge is 0.369 e. The minimum Gasteiger partial charge on any atom is -0.369 e. The first-order valence-electron chi connectivity index (χ1n) is 12.4. The lowest BCUT2D eigenvalue weighted by Gasteiger charge is -2.19. The van der Waals surface area contributed by atoms with E-state index in [2.05, 4.69) is 39.7 Å². The van der Waals surface area contributed by atoms with E-state index in [0.717, 1.165) is 0 Å². The first kappa shape index (κ1) is 29.2. The van der Waals surface area contributed by atoms with E-state index in [1.807, 2.05) is 6.07 Å². The molecule has 6 rings (SSSR count). The van der Waals surface area contributed by atoms with Crippen molar-refractivity contribution in [3.05, 3.63) is 34.4 Å². The van der Waals surface area contributed by atoms with Gasteiger partial charge in [-0.25, -0.2) is 24.1 Å². The Morgan fingerprint density at radius 3 is 2.56 bits per heavy atom. The fourth-order valence-corrected chi connectivity index (χ4v) is 5.77. The number of phosphoric acid groups is 2. The average molecular weight is 638 g/mol. The van der Waals surface area contributed by atoms with Gasteiger partial charge in [0, 0.05) is 19.7 Å². The molecule has 22 heteroatoms. The van der Waals surface area contributed by atoms with Gasteiger partial charge < -0.3 is 34.6 Å². The number of imidazole rings is 2. The van der Waals surface area contributed by atoms with Crippen LogP contribution in [0.25, 0.3) is 33.2 Å². The van der Waals surface area contributed by atoms with Crippen molar-refractivity contribution in [2.24, 2.45) is 7.05 Å². The number of hydrogen-bond acceptors (Lipinski definition) is 13. The van der Waals surface area contributed by atoms with Crippen LogP contribution in [0.4, 0.5) is 17.8 Å². The van der Waals surface area contributed by atoms with Crippen molar-refractivity contribution in [2.45, 2.75) is 31.8 Å². The fourth-order valence-electron chi connectivity index (χ4n) is 4.86. The number of nitrogens with one attached hydrogen (secondary N) is 2. The molecule has 1 saturated heterocycles. The second-order valence-corrected chi connectivity index (χ2v) is 12.1. The maximum Gasteiger partial charge on any atom is 0.469 e. The van der Waals surface area contributed by atoms with Crippen LogP contribution in [-0.2, 0) is 30.0 Å². The third-order valence-corrected chi connectivity index (χ3v) is 7.66. The Hall–Kier alpha value is -3.84. The summed E-state index contributed by atoms with van der Waals surface area (Å²) in [6.07, 6.45) is -2.59. The minimum atomic E-state index is -5.08. The molecule has 0 spiro atoms. The number of hydrogen-bond donors (Lipinski definition) is 7. The van der Waals surface area contributed by atoms with Crippen LogP contribution in [0.1, 0.15) is 18.3 Å². The third-order valence-electron chi connectivity index (χ3n) is 6.62. The van der Waals surface area contributed by atoms with Gasteiger partial charge in [0.25, 0.3) is 5.56 Å². The summed E-state index contributed by atoms with van der Waals surface area (Å²) < 4.78 is 41.3.